The first-order valence-electron chi connectivity index (χ1n) is 5.77. The van der Waals surface area contributed by atoms with Gasteiger partial charge >= 0.3 is 0 Å². The number of hydrogen-bond acceptors (Lipinski definition) is 2. The van der Waals surface area contributed by atoms with Crippen LogP contribution in [0.15, 0.2) is 48.5 Å². The van der Waals surface area contributed by atoms with Crippen molar-refractivity contribution in [2.45, 2.75) is 0 Å². The molecule has 3 aromatic rings. The Morgan fingerprint density at radius 1 is 1.06 bits per heavy atom. The maximum atomic E-state index is 11.1. The van der Waals surface area contributed by atoms with Crippen LogP contribution in [0.3, 0.4) is 0 Å². The van der Waals surface area contributed by atoms with E-state index in [1.54, 1.807) is 0 Å². The highest BCUT2D eigenvalue weighted by atomic mass is 16.1. The van der Waals surface area contributed by atoms with Crippen LogP contribution < -0.4 is 0 Å². The van der Waals surface area contributed by atoms with E-state index in [-0.39, 0.29) is 0 Å². The van der Waals surface area contributed by atoms with Gasteiger partial charge in [0.15, 0.2) is 6.29 Å². The van der Waals surface area contributed by atoms with Crippen molar-refractivity contribution in [2.24, 2.45) is 7.05 Å². The smallest absolute Gasteiger partial charge is 0.150 e. The zero-order valence-electron chi connectivity index (χ0n) is 10.00. The summed E-state index contributed by atoms with van der Waals surface area (Å²) in [5.41, 5.74) is 3.47. The minimum atomic E-state index is 0.668. The molecule has 0 aliphatic carbocycles. The Labute approximate surface area is 105 Å². The van der Waals surface area contributed by atoms with Crippen molar-refractivity contribution in [2.75, 3.05) is 0 Å². The Hall–Kier alpha value is -2.42. The lowest BCUT2D eigenvalue weighted by Crippen LogP contribution is -1.91. The Bertz CT molecular complexity index is 728. The standard InChI is InChI=1S/C15H12N2O/c1-17-14-9-5-4-8-13(14)15(16-17)12-7-3-2-6-11(12)10-18/h2-10H,1H3. The van der Waals surface area contributed by atoms with Gasteiger partial charge in [0.1, 0.15) is 5.69 Å². The molecule has 0 amide bonds. The molecule has 0 N–H and O–H groups in total. The summed E-state index contributed by atoms with van der Waals surface area (Å²) >= 11 is 0. The third kappa shape index (κ3) is 1.52. The average Bonchev–Trinajstić information content (AvgIpc) is 2.77. The number of nitrogens with zero attached hydrogens (tertiary/aromatic N) is 2. The van der Waals surface area contributed by atoms with Gasteiger partial charge < -0.3 is 0 Å². The lowest BCUT2D eigenvalue weighted by molar-refractivity contribution is 0.112. The van der Waals surface area contributed by atoms with Gasteiger partial charge in [-0.3, -0.25) is 9.48 Å². The minimum absolute atomic E-state index is 0.668. The molecular weight excluding hydrogens is 224 g/mol. The molecule has 0 aliphatic heterocycles. The molecule has 88 valence electrons. The summed E-state index contributed by atoms with van der Waals surface area (Å²) < 4.78 is 1.84. The number of aromatic nitrogens is 2. The van der Waals surface area contributed by atoms with E-state index < -0.39 is 0 Å². The van der Waals surface area contributed by atoms with Gasteiger partial charge in [0.2, 0.25) is 0 Å². The highest BCUT2D eigenvalue weighted by molar-refractivity contribution is 5.98. The Kier molecular flexibility index (Phi) is 2.45. The Morgan fingerprint density at radius 3 is 2.61 bits per heavy atom. The number of hydrogen-bond donors (Lipinski definition) is 0. The van der Waals surface area contributed by atoms with E-state index in [0.717, 1.165) is 28.4 Å². The third-order valence-corrected chi connectivity index (χ3v) is 3.10. The van der Waals surface area contributed by atoms with Gasteiger partial charge in [-0.25, -0.2) is 0 Å². The molecule has 0 saturated heterocycles. The summed E-state index contributed by atoms with van der Waals surface area (Å²) in [7, 11) is 1.91. The number of carbonyl (C=O) groups is 1. The molecule has 2 aromatic carbocycles. The molecule has 0 radical (unpaired) electrons. The molecule has 3 nitrogen and oxygen atoms in total. The van der Waals surface area contributed by atoms with Gasteiger partial charge in [-0.1, -0.05) is 42.5 Å². The fourth-order valence-electron chi connectivity index (χ4n) is 2.23. The highest BCUT2D eigenvalue weighted by Crippen LogP contribution is 2.29. The largest absolute Gasteiger partial charge is 0.298 e. The van der Waals surface area contributed by atoms with Crippen LogP contribution in [0, 0.1) is 0 Å². The minimum Gasteiger partial charge on any atom is -0.298 e. The summed E-state index contributed by atoms with van der Waals surface area (Å²) in [6, 6.07) is 15.5. The van der Waals surface area contributed by atoms with E-state index in [1.807, 2.05) is 60.3 Å². The van der Waals surface area contributed by atoms with E-state index in [0.29, 0.717) is 5.56 Å². The van der Waals surface area contributed by atoms with Crippen molar-refractivity contribution in [3.05, 3.63) is 54.1 Å². The second-order valence-electron chi connectivity index (χ2n) is 4.19. The molecule has 0 bridgehead atoms. The molecule has 0 spiro atoms. The molecule has 0 saturated carbocycles. The van der Waals surface area contributed by atoms with Crippen LogP contribution >= 0.6 is 0 Å². The molecule has 3 heteroatoms. The van der Waals surface area contributed by atoms with Crippen molar-refractivity contribution < 1.29 is 4.79 Å². The summed E-state index contributed by atoms with van der Waals surface area (Å²) in [5.74, 6) is 0. The molecule has 1 heterocycles. The molecule has 0 fully saturated rings. The topological polar surface area (TPSA) is 34.9 Å². The monoisotopic (exact) mass is 236 g/mol. The van der Waals surface area contributed by atoms with Crippen LogP contribution in [0.4, 0.5) is 0 Å². The Balaban J connectivity index is 2.35. The predicted molar refractivity (Wildman–Crippen MR) is 71.5 cm³/mol. The normalized spacial score (nSPS) is 10.7. The van der Waals surface area contributed by atoms with E-state index in [1.165, 1.54) is 0 Å². The SMILES string of the molecule is Cn1nc(-c2ccccc2C=O)c2ccccc21. The summed E-state index contributed by atoms with van der Waals surface area (Å²) in [6.45, 7) is 0. The third-order valence-electron chi connectivity index (χ3n) is 3.10. The number of fused-ring (bicyclic) bond motifs is 1. The predicted octanol–water partition coefficient (Wildman–Crippen LogP) is 3.05. The fourth-order valence-corrected chi connectivity index (χ4v) is 2.23. The molecular formula is C15H12N2O. The van der Waals surface area contributed by atoms with Crippen LogP contribution in [0.2, 0.25) is 0 Å². The van der Waals surface area contributed by atoms with Crippen molar-refractivity contribution in [1.29, 1.82) is 0 Å². The van der Waals surface area contributed by atoms with Crippen molar-refractivity contribution in [3.63, 3.8) is 0 Å². The molecule has 0 atom stereocenters. The number of aryl methyl sites for hydroxylation is 1. The molecule has 3 rings (SSSR count). The van der Waals surface area contributed by atoms with Gasteiger partial charge in [0.25, 0.3) is 0 Å². The average molecular weight is 236 g/mol. The van der Waals surface area contributed by atoms with Crippen LogP contribution in [0.25, 0.3) is 22.2 Å². The number of para-hydroxylation sites is 1. The number of benzene rings is 2. The second kappa shape index (κ2) is 4.11. The van der Waals surface area contributed by atoms with Gasteiger partial charge in [-0.15, -0.1) is 0 Å². The van der Waals surface area contributed by atoms with Crippen molar-refractivity contribution in [1.82, 2.24) is 9.78 Å². The number of carbonyl (C=O) groups excluding carboxylic acids is 1. The lowest BCUT2D eigenvalue weighted by Gasteiger charge is -2.01. The van der Waals surface area contributed by atoms with Crippen LogP contribution in [0.5, 0.6) is 0 Å². The molecule has 0 unspecified atom stereocenters. The quantitative estimate of drug-likeness (QED) is 0.641. The summed E-state index contributed by atoms with van der Waals surface area (Å²) in [5, 5.41) is 5.59. The van der Waals surface area contributed by atoms with Crippen LogP contribution in [-0.2, 0) is 7.05 Å². The lowest BCUT2D eigenvalue weighted by atomic mass is 10.0. The molecule has 18 heavy (non-hydrogen) atoms. The van der Waals surface area contributed by atoms with E-state index in [2.05, 4.69) is 5.10 Å². The summed E-state index contributed by atoms with van der Waals surface area (Å²) in [6.07, 6.45) is 0.874. The first kappa shape index (κ1) is 10.7. The van der Waals surface area contributed by atoms with Gasteiger partial charge in [-0.2, -0.15) is 5.10 Å². The number of rotatable bonds is 2. The maximum Gasteiger partial charge on any atom is 0.150 e. The highest BCUT2D eigenvalue weighted by Gasteiger charge is 2.12. The van der Waals surface area contributed by atoms with Crippen molar-refractivity contribution in [3.8, 4) is 11.3 Å². The van der Waals surface area contributed by atoms with Crippen LogP contribution in [-0.4, -0.2) is 16.1 Å². The maximum absolute atomic E-state index is 11.1. The zero-order chi connectivity index (χ0) is 12.5. The molecule has 1 aromatic heterocycles. The van der Waals surface area contributed by atoms with Gasteiger partial charge in [-0.05, 0) is 6.07 Å². The zero-order valence-corrected chi connectivity index (χ0v) is 10.00. The van der Waals surface area contributed by atoms with Gasteiger partial charge in [0, 0.05) is 23.6 Å². The van der Waals surface area contributed by atoms with Crippen LogP contribution in [0.1, 0.15) is 10.4 Å². The first-order chi connectivity index (χ1) is 8.81. The molecule has 0 aliphatic rings. The van der Waals surface area contributed by atoms with E-state index in [9.17, 15) is 4.79 Å². The number of aldehydes is 1. The first-order valence-corrected chi connectivity index (χ1v) is 5.77. The van der Waals surface area contributed by atoms with E-state index in [4.69, 9.17) is 0 Å². The van der Waals surface area contributed by atoms with Gasteiger partial charge in [0.05, 0.1) is 5.52 Å². The van der Waals surface area contributed by atoms with E-state index >= 15 is 0 Å². The second-order valence-corrected chi connectivity index (χ2v) is 4.19. The Morgan fingerprint density at radius 2 is 1.78 bits per heavy atom. The van der Waals surface area contributed by atoms with Crippen molar-refractivity contribution >= 4 is 17.2 Å². The summed E-state index contributed by atoms with van der Waals surface area (Å²) in [4.78, 5) is 11.1. The fraction of sp³-hybridized carbons (Fsp3) is 0.0667.